The largest absolute Gasteiger partial charge is 0.493 e. The molecule has 3 rings (SSSR count). The fraction of sp³-hybridized carbons (Fsp3) is 0.250. The maximum Gasteiger partial charge on any atom is 0.127 e. The van der Waals surface area contributed by atoms with Crippen LogP contribution in [0.3, 0.4) is 0 Å². The van der Waals surface area contributed by atoms with Crippen LogP contribution >= 0.6 is 47.8 Å². The van der Waals surface area contributed by atoms with Crippen LogP contribution in [0.2, 0.25) is 0 Å². The van der Waals surface area contributed by atoms with E-state index in [1.54, 1.807) is 0 Å². The maximum absolute atomic E-state index is 5.81. The molecule has 104 valence electrons. The van der Waals surface area contributed by atoms with E-state index < -0.39 is 0 Å². The molecule has 0 aliphatic carbocycles. The Morgan fingerprint density at radius 2 is 1.95 bits per heavy atom. The van der Waals surface area contributed by atoms with Gasteiger partial charge in [-0.2, -0.15) is 0 Å². The van der Waals surface area contributed by atoms with E-state index in [1.165, 1.54) is 16.7 Å². The molecule has 1 nitrogen and oxygen atoms in total. The maximum atomic E-state index is 5.81. The highest BCUT2D eigenvalue weighted by molar-refractivity contribution is 9.10. The van der Waals surface area contributed by atoms with Crippen LogP contribution < -0.4 is 4.74 Å². The quantitative estimate of drug-likeness (QED) is 0.524. The zero-order chi connectivity index (χ0) is 14.1. The van der Waals surface area contributed by atoms with E-state index in [-0.39, 0.29) is 4.83 Å². The molecule has 0 spiro atoms. The molecule has 1 heterocycles. The lowest BCUT2D eigenvalue weighted by molar-refractivity contribution is 0.353. The van der Waals surface area contributed by atoms with Crippen LogP contribution in [0.25, 0.3) is 0 Å². The van der Waals surface area contributed by atoms with Gasteiger partial charge in [-0.25, -0.2) is 0 Å². The smallest absolute Gasteiger partial charge is 0.127 e. The van der Waals surface area contributed by atoms with Crippen molar-refractivity contribution in [3.63, 3.8) is 0 Å². The van der Waals surface area contributed by atoms with Gasteiger partial charge in [-0.3, -0.25) is 0 Å². The minimum absolute atomic E-state index is 0.251. The monoisotopic (exact) mass is 458 g/mol. The predicted octanol–water partition coefficient (Wildman–Crippen LogP) is 5.83. The Bertz CT molecular complexity index is 640. The van der Waals surface area contributed by atoms with Crippen molar-refractivity contribution < 1.29 is 4.74 Å². The molecule has 1 aliphatic heterocycles. The van der Waals surface area contributed by atoms with Gasteiger partial charge in [0.2, 0.25) is 0 Å². The van der Waals surface area contributed by atoms with Crippen LogP contribution in [0.15, 0.2) is 45.3 Å². The topological polar surface area (TPSA) is 9.23 Å². The SMILES string of the molecule is Brc1cccc(CC(Br)c2cc(Br)cc3c2OCC3)c1. The Kier molecular flexibility index (Phi) is 4.53. The molecule has 0 N–H and O–H groups in total. The van der Waals surface area contributed by atoms with Crippen LogP contribution in [-0.4, -0.2) is 6.61 Å². The van der Waals surface area contributed by atoms with Crippen molar-refractivity contribution in [2.75, 3.05) is 6.61 Å². The molecular formula is C16H13Br3O. The summed E-state index contributed by atoms with van der Waals surface area (Å²) in [5, 5.41) is 0. The molecule has 2 aromatic carbocycles. The molecule has 0 saturated carbocycles. The summed E-state index contributed by atoms with van der Waals surface area (Å²) in [4.78, 5) is 0.251. The first-order valence-electron chi connectivity index (χ1n) is 6.47. The van der Waals surface area contributed by atoms with Crippen molar-refractivity contribution in [1.29, 1.82) is 0 Å². The molecule has 1 unspecified atom stereocenters. The van der Waals surface area contributed by atoms with Gasteiger partial charge in [-0.15, -0.1) is 0 Å². The summed E-state index contributed by atoms with van der Waals surface area (Å²) in [5.41, 5.74) is 3.83. The molecule has 20 heavy (non-hydrogen) atoms. The molecule has 0 aromatic heterocycles. The van der Waals surface area contributed by atoms with E-state index in [2.05, 4.69) is 78.1 Å². The highest BCUT2D eigenvalue weighted by Gasteiger charge is 2.22. The van der Waals surface area contributed by atoms with Gasteiger partial charge in [0.05, 0.1) is 6.61 Å². The van der Waals surface area contributed by atoms with E-state index >= 15 is 0 Å². The van der Waals surface area contributed by atoms with E-state index in [4.69, 9.17) is 4.74 Å². The molecule has 0 fully saturated rings. The minimum atomic E-state index is 0.251. The van der Waals surface area contributed by atoms with Gasteiger partial charge >= 0.3 is 0 Å². The second kappa shape index (κ2) is 6.20. The van der Waals surface area contributed by atoms with E-state index in [0.29, 0.717) is 0 Å². The first kappa shape index (κ1) is 14.6. The third-order valence-corrected chi connectivity index (χ3v) is 5.19. The van der Waals surface area contributed by atoms with Crippen molar-refractivity contribution in [1.82, 2.24) is 0 Å². The third kappa shape index (κ3) is 3.12. The highest BCUT2D eigenvalue weighted by Crippen LogP contribution is 2.41. The molecular weight excluding hydrogens is 448 g/mol. The number of ether oxygens (including phenoxy) is 1. The normalized spacial score (nSPS) is 14.8. The van der Waals surface area contributed by atoms with Crippen molar-refractivity contribution in [2.24, 2.45) is 0 Å². The summed E-state index contributed by atoms with van der Waals surface area (Å²) in [6.45, 7) is 0.787. The van der Waals surface area contributed by atoms with Gasteiger partial charge < -0.3 is 4.74 Å². The van der Waals surface area contributed by atoms with Crippen LogP contribution in [0.5, 0.6) is 5.75 Å². The van der Waals surface area contributed by atoms with Crippen molar-refractivity contribution >= 4 is 47.8 Å². The lowest BCUT2D eigenvalue weighted by Crippen LogP contribution is -1.99. The van der Waals surface area contributed by atoms with Gasteiger partial charge in [0.1, 0.15) is 5.75 Å². The second-order valence-electron chi connectivity index (χ2n) is 4.88. The van der Waals surface area contributed by atoms with Crippen molar-refractivity contribution in [3.05, 3.63) is 62.0 Å². The number of benzene rings is 2. The minimum Gasteiger partial charge on any atom is -0.493 e. The van der Waals surface area contributed by atoms with Gasteiger partial charge in [-0.05, 0) is 41.8 Å². The molecule has 0 radical (unpaired) electrons. The first-order chi connectivity index (χ1) is 9.63. The number of hydrogen-bond acceptors (Lipinski definition) is 1. The first-order valence-corrected chi connectivity index (χ1v) is 8.97. The molecule has 1 atom stereocenters. The summed E-state index contributed by atoms with van der Waals surface area (Å²) >= 11 is 10.9. The summed E-state index contributed by atoms with van der Waals surface area (Å²) in [7, 11) is 0. The van der Waals surface area contributed by atoms with Crippen LogP contribution in [0.1, 0.15) is 21.5 Å². The fourth-order valence-corrected chi connectivity index (χ4v) is 4.19. The van der Waals surface area contributed by atoms with Gasteiger partial charge in [0, 0.05) is 25.8 Å². The molecule has 2 aromatic rings. The van der Waals surface area contributed by atoms with Gasteiger partial charge in [0.15, 0.2) is 0 Å². The second-order valence-corrected chi connectivity index (χ2v) is 7.82. The van der Waals surface area contributed by atoms with Gasteiger partial charge in [-0.1, -0.05) is 59.9 Å². The number of fused-ring (bicyclic) bond motifs is 1. The zero-order valence-electron chi connectivity index (χ0n) is 10.7. The van der Waals surface area contributed by atoms with E-state index in [1.807, 2.05) is 6.07 Å². The Morgan fingerprint density at radius 1 is 1.10 bits per heavy atom. The molecule has 0 amide bonds. The van der Waals surface area contributed by atoms with Crippen LogP contribution in [0.4, 0.5) is 0 Å². The molecule has 4 heteroatoms. The Labute approximate surface area is 144 Å². The summed E-state index contributed by atoms with van der Waals surface area (Å²) in [5.74, 6) is 1.06. The Morgan fingerprint density at radius 3 is 2.75 bits per heavy atom. The lowest BCUT2D eigenvalue weighted by atomic mass is 10.0. The number of rotatable bonds is 3. The van der Waals surface area contributed by atoms with Crippen LogP contribution in [0, 0.1) is 0 Å². The standard InChI is InChI=1S/C16H13Br3O/c17-12-3-1-2-10(6-12)7-15(19)14-9-13(18)8-11-4-5-20-16(11)14/h1-3,6,8-9,15H,4-5,7H2. The summed E-state index contributed by atoms with van der Waals surface area (Å²) < 4.78 is 8.04. The van der Waals surface area contributed by atoms with E-state index in [0.717, 1.165) is 34.1 Å². The average molecular weight is 461 g/mol. The van der Waals surface area contributed by atoms with Crippen molar-refractivity contribution in [3.8, 4) is 5.75 Å². The van der Waals surface area contributed by atoms with Crippen LogP contribution in [-0.2, 0) is 12.8 Å². The molecule has 0 saturated heterocycles. The summed E-state index contributed by atoms with van der Waals surface area (Å²) in [6, 6.07) is 12.7. The average Bonchev–Trinajstić information content (AvgIpc) is 2.85. The third-order valence-electron chi connectivity index (χ3n) is 3.42. The lowest BCUT2D eigenvalue weighted by Gasteiger charge is -2.15. The molecule has 1 aliphatic rings. The zero-order valence-corrected chi connectivity index (χ0v) is 15.5. The Balaban J connectivity index is 1.89. The summed E-state index contributed by atoms with van der Waals surface area (Å²) in [6.07, 6.45) is 1.93. The van der Waals surface area contributed by atoms with Gasteiger partial charge in [0.25, 0.3) is 0 Å². The fourth-order valence-electron chi connectivity index (χ4n) is 2.51. The van der Waals surface area contributed by atoms with Crippen molar-refractivity contribution in [2.45, 2.75) is 17.7 Å². The number of hydrogen-bond donors (Lipinski definition) is 0. The predicted molar refractivity (Wildman–Crippen MR) is 92.9 cm³/mol. The molecule has 0 bridgehead atoms. The van der Waals surface area contributed by atoms with E-state index in [9.17, 15) is 0 Å². The highest BCUT2D eigenvalue weighted by atomic mass is 79.9. The Hall–Kier alpha value is -0.320. The number of alkyl halides is 1. The number of halogens is 3.